The number of hydrogen-bond donors (Lipinski definition) is 1. The average molecular weight is 396 g/mol. The highest BCUT2D eigenvalue weighted by Crippen LogP contribution is 2.21. The second-order valence-electron chi connectivity index (χ2n) is 7.82. The summed E-state index contributed by atoms with van der Waals surface area (Å²) in [5.74, 6) is 0.969. The number of piperazine rings is 1. The first-order valence-electron chi connectivity index (χ1n) is 10.5. The molecule has 1 amide bonds. The molecule has 2 aromatic rings. The fourth-order valence-corrected chi connectivity index (χ4v) is 3.83. The summed E-state index contributed by atoms with van der Waals surface area (Å²) >= 11 is 0. The molecule has 0 bridgehead atoms. The molecule has 5 heteroatoms. The SMILES string of the molecule is COc1ccccc1CCNC(=O)[C@@H](C)N1CCN(c2ccc(C)c(C)c2)CC1. The highest BCUT2D eigenvalue weighted by atomic mass is 16.5. The number of para-hydroxylation sites is 1. The van der Waals surface area contributed by atoms with Crippen LogP contribution < -0.4 is 15.0 Å². The van der Waals surface area contributed by atoms with Crippen molar-refractivity contribution in [2.45, 2.75) is 33.2 Å². The number of nitrogens with one attached hydrogen (secondary N) is 1. The number of anilines is 1. The van der Waals surface area contributed by atoms with Crippen LogP contribution in [0.1, 0.15) is 23.6 Å². The lowest BCUT2D eigenvalue weighted by Gasteiger charge is -2.38. The first-order valence-corrected chi connectivity index (χ1v) is 10.5. The molecule has 0 unspecified atom stereocenters. The summed E-state index contributed by atoms with van der Waals surface area (Å²) in [4.78, 5) is 17.3. The number of aryl methyl sites for hydroxylation is 2. The van der Waals surface area contributed by atoms with E-state index in [9.17, 15) is 4.79 Å². The van der Waals surface area contributed by atoms with E-state index in [1.807, 2.05) is 31.2 Å². The van der Waals surface area contributed by atoms with Gasteiger partial charge in [-0.2, -0.15) is 0 Å². The van der Waals surface area contributed by atoms with Gasteiger partial charge in [0.05, 0.1) is 13.2 Å². The molecular weight excluding hydrogens is 362 g/mol. The van der Waals surface area contributed by atoms with Crippen molar-refractivity contribution in [3.05, 3.63) is 59.2 Å². The Morgan fingerprint density at radius 3 is 2.48 bits per heavy atom. The van der Waals surface area contributed by atoms with E-state index in [1.54, 1.807) is 7.11 Å². The van der Waals surface area contributed by atoms with Crippen LogP contribution in [-0.2, 0) is 11.2 Å². The highest BCUT2D eigenvalue weighted by molar-refractivity contribution is 5.81. The predicted molar refractivity (Wildman–Crippen MR) is 119 cm³/mol. The molecule has 5 nitrogen and oxygen atoms in total. The minimum absolute atomic E-state index is 0.0968. The molecule has 29 heavy (non-hydrogen) atoms. The number of carbonyl (C=O) groups excluding carboxylic acids is 1. The smallest absolute Gasteiger partial charge is 0.237 e. The molecule has 1 atom stereocenters. The van der Waals surface area contributed by atoms with Gasteiger partial charge in [-0.1, -0.05) is 24.3 Å². The van der Waals surface area contributed by atoms with E-state index in [-0.39, 0.29) is 11.9 Å². The number of rotatable bonds is 7. The van der Waals surface area contributed by atoms with Crippen molar-refractivity contribution in [3.63, 3.8) is 0 Å². The van der Waals surface area contributed by atoms with Crippen LogP contribution >= 0.6 is 0 Å². The molecular formula is C24H33N3O2. The quantitative estimate of drug-likeness (QED) is 0.782. The number of nitrogens with zero attached hydrogens (tertiary/aromatic N) is 2. The van der Waals surface area contributed by atoms with Gasteiger partial charge in [-0.3, -0.25) is 9.69 Å². The summed E-state index contributed by atoms with van der Waals surface area (Å²) in [5.41, 5.74) is 5.05. The third-order valence-corrected chi connectivity index (χ3v) is 5.98. The summed E-state index contributed by atoms with van der Waals surface area (Å²) in [5, 5.41) is 3.09. The maximum atomic E-state index is 12.6. The van der Waals surface area contributed by atoms with Crippen LogP contribution in [-0.4, -0.2) is 56.7 Å². The number of carbonyl (C=O) groups is 1. The number of amides is 1. The number of methoxy groups -OCH3 is 1. The highest BCUT2D eigenvalue weighted by Gasteiger charge is 2.25. The van der Waals surface area contributed by atoms with Gasteiger partial charge in [0.1, 0.15) is 5.75 Å². The Balaban J connectivity index is 1.46. The maximum absolute atomic E-state index is 12.6. The lowest BCUT2D eigenvalue weighted by atomic mass is 10.1. The van der Waals surface area contributed by atoms with Crippen LogP contribution in [0, 0.1) is 13.8 Å². The summed E-state index contributed by atoms with van der Waals surface area (Å²) < 4.78 is 5.38. The van der Waals surface area contributed by atoms with Gasteiger partial charge in [-0.15, -0.1) is 0 Å². The second kappa shape index (κ2) is 9.79. The average Bonchev–Trinajstić information content (AvgIpc) is 2.75. The van der Waals surface area contributed by atoms with Gasteiger partial charge in [0.25, 0.3) is 0 Å². The van der Waals surface area contributed by atoms with Crippen molar-refractivity contribution in [2.24, 2.45) is 0 Å². The fourth-order valence-electron chi connectivity index (χ4n) is 3.83. The van der Waals surface area contributed by atoms with Gasteiger partial charge in [-0.25, -0.2) is 0 Å². The van der Waals surface area contributed by atoms with E-state index in [2.05, 4.69) is 47.2 Å². The Labute approximate surface area is 174 Å². The Bertz CT molecular complexity index is 829. The molecule has 0 aliphatic carbocycles. The Kier molecular flexibility index (Phi) is 7.15. The maximum Gasteiger partial charge on any atom is 0.237 e. The van der Waals surface area contributed by atoms with Crippen LogP contribution in [0.2, 0.25) is 0 Å². The number of ether oxygens (including phenoxy) is 1. The van der Waals surface area contributed by atoms with Crippen molar-refractivity contribution in [2.75, 3.05) is 44.7 Å². The lowest BCUT2D eigenvalue weighted by molar-refractivity contribution is -0.125. The lowest BCUT2D eigenvalue weighted by Crippen LogP contribution is -2.54. The van der Waals surface area contributed by atoms with Crippen molar-refractivity contribution < 1.29 is 9.53 Å². The van der Waals surface area contributed by atoms with Crippen LogP contribution in [0.4, 0.5) is 5.69 Å². The first-order chi connectivity index (χ1) is 14.0. The van der Waals surface area contributed by atoms with Crippen LogP contribution in [0.15, 0.2) is 42.5 Å². The molecule has 0 aromatic heterocycles. The second-order valence-corrected chi connectivity index (χ2v) is 7.82. The Hall–Kier alpha value is -2.53. The van der Waals surface area contributed by atoms with Gasteiger partial charge in [0, 0.05) is 38.4 Å². The van der Waals surface area contributed by atoms with Crippen molar-refractivity contribution in [1.29, 1.82) is 0 Å². The first kappa shape index (κ1) is 21.2. The Morgan fingerprint density at radius 1 is 1.07 bits per heavy atom. The molecule has 0 radical (unpaired) electrons. The molecule has 0 saturated carbocycles. The molecule has 0 spiro atoms. The van der Waals surface area contributed by atoms with Gasteiger partial charge in [0.15, 0.2) is 0 Å². The van der Waals surface area contributed by atoms with Crippen LogP contribution in [0.25, 0.3) is 0 Å². The van der Waals surface area contributed by atoms with Gasteiger partial charge in [-0.05, 0) is 62.1 Å². The van der Waals surface area contributed by atoms with Gasteiger partial charge >= 0.3 is 0 Å². The van der Waals surface area contributed by atoms with E-state index in [4.69, 9.17) is 4.74 Å². The minimum atomic E-state index is -0.116. The zero-order valence-electron chi connectivity index (χ0n) is 18.1. The summed E-state index contributed by atoms with van der Waals surface area (Å²) in [6.07, 6.45) is 0.767. The predicted octanol–water partition coefficient (Wildman–Crippen LogP) is 3.18. The molecule has 3 rings (SSSR count). The molecule has 1 fully saturated rings. The largest absolute Gasteiger partial charge is 0.496 e. The van der Waals surface area contributed by atoms with Gasteiger partial charge < -0.3 is 15.0 Å². The fraction of sp³-hybridized carbons (Fsp3) is 0.458. The van der Waals surface area contributed by atoms with Crippen LogP contribution in [0.3, 0.4) is 0 Å². The molecule has 2 aromatic carbocycles. The van der Waals surface area contributed by atoms with Crippen molar-refractivity contribution in [1.82, 2.24) is 10.2 Å². The van der Waals surface area contributed by atoms with Crippen molar-refractivity contribution >= 4 is 11.6 Å². The molecule has 1 heterocycles. The van der Waals surface area contributed by atoms with Gasteiger partial charge in [0.2, 0.25) is 5.91 Å². The summed E-state index contributed by atoms with van der Waals surface area (Å²) in [7, 11) is 1.68. The standard InChI is InChI=1S/C24H33N3O2/c1-18-9-10-22(17-19(18)2)27-15-13-26(14-16-27)20(3)24(28)25-12-11-21-7-5-6-8-23(21)29-4/h5-10,17,20H,11-16H2,1-4H3,(H,25,28)/t20-/m1/s1. The molecule has 1 N–H and O–H groups in total. The zero-order valence-corrected chi connectivity index (χ0v) is 18.1. The number of benzene rings is 2. The van der Waals surface area contributed by atoms with E-state index in [1.165, 1.54) is 16.8 Å². The molecule has 1 saturated heterocycles. The van der Waals surface area contributed by atoms with E-state index < -0.39 is 0 Å². The molecule has 1 aliphatic heterocycles. The minimum Gasteiger partial charge on any atom is -0.496 e. The Morgan fingerprint density at radius 2 is 1.79 bits per heavy atom. The topological polar surface area (TPSA) is 44.8 Å². The summed E-state index contributed by atoms with van der Waals surface area (Å²) in [6.45, 7) is 10.6. The molecule has 156 valence electrons. The summed E-state index contributed by atoms with van der Waals surface area (Å²) in [6, 6.07) is 14.5. The van der Waals surface area contributed by atoms with E-state index >= 15 is 0 Å². The van der Waals surface area contributed by atoms with Crippen molar-refractivity contribution in [3.8, 4) is 5.75 Å². The van der Waals surface area contributed by atoms with Crippen LogP contribution in [0.5, 0.6) is 5.75 Å². The number of hydrogen-bond acceptors (Lipinski definition) is 4. The normalized spacial score (nSPS) is 15.8. The molecule has 1 aliphatic rings. The van der Waals surface area contributed by atoms with E-state index in [0.29, 0.717) is 6.54 Å². The third-order valence-electron chi connectivity index (χ3n) is 5.98. The van der Waals surface area contributed by atoms with E-state index in [0.717, 1.165) is 43.9 Å². The third kappa shape index (κ3) is 5.30. The zero-order chi connectivity index (χ0) is 20.8. The monoisotopic (exact) mass is 395 g/mol.